The van der Waals surface area contributed by atoms with Gasteiger partial charge in [-0.3, -0.25) is 4.99 Å². The lowest BCUT2D eigenvalue weighted by Gasteiger charge is -2.24. The van der Waals surface area contributed by atoms with Gasteiger partial charge in [-0.25, -0.2) is 8.42 Å². The highest BCUT2D eigenvalue weighted by atomic mass is 32.2. The molecule has 1 fully saturated rings. The summed E-state index contributed by atoms with van der Waals surface area (Å²) in [6, 6.07) is 0.547. The molecule has 1 aliphatic heterocycles. The van der Waals surface area contributed by atoms with Crippen molar-refractivity contribution in [3.05, 3.63) is 0 Å². The van der Waals surface area contributed by atoms with E-state index in [4.69, 9.17) is 0 Å². The van der Waals surface area contributed by atoms with Gasteiger partial charge in [-0.1, -0.05) is 6.92 Å². The standard InChI is InChI=1S/C13H28N4O2S/c1-5-11(2)17(4)8-7-15-13(14-3)16-12-6-9-20(18,19)10-12/h11-12H,5-10H2,1-4H3,(H2,14,15,16). The van der Waals surface area contributed by atoms with E-state index >= 15 is 0 Å². The van der Waals surface area contributed by atoms with Crippen molar-refractivity contribution in [1.82, 2.24) is 15.5 Å². The number of guanidine groups is 1. The third-order valence-electron chi connectivity index (χ3n) is 3.90. The molecule has 0 spiro atoms. The highest BCUT2D eigenvalue weighted by Crippen LogP contribution is 2.10. The maximum Gasteiger partial charge on any atom is 0.191 e. The van der Waals surface area contributed by atoms with E-state index in [1.165, 1.54) is 0 Å². The van der Waals surface area contributed by atoms with Crippen LogP contribution >= 0.6 is 0 Å². The fourth-order valence-corrected chi connectivity index (χ4v) is 3.85. The molecule has 7 heteroatoms. The molecule has 0 aromatic rings. The summed E-state index contributed by atoms with van der Waals surface area (Å²) in [5.41, 5.74) is 0. The van der Waals surface area contributed by atoms with E-state index in [9.17, 15) is 8.42 Å². The second-order valence-corrected chi connectivity index (χ2v) is 7.71. The van der Waals surface area contributed by atoms with E-state index in [0.717, 1.165) is 19.5 Å². The molecule has 0 amide bonds. The summed E-state index contributed by atoms with van der Waals surface area (Å²) in [7, 11) is 0.961. The quantitative estimate of drug-likeness (QED) is 0.536. The van der Waals surface area contributed by atoms with Gasteiger partial charge >= 0.3 is 0 Å². The Kier molecular flexibility index (Phi) is 6.75. The molecule has 2 atom stereocenters. The van der Waals surface area contributed by atoms with Gasteiger partial charge in [0.25, 0.3) is 0 Å². The Bertz CT molecular complexity index is 422. The first kappa shape index (κ1) is 17.2. The van der Waals surface area contributed by atoms with E-state index in [2.05, 4.69) is 41.4 Å². The fraction of sp³-hybridized carbons (Fsp3) is 0.923. The highest BCUT2D eigenvalue weighted by molar-refractivity contribution is 7.91. The van der Waals surface area contributed by atoms with Crippen LogP contribution in [-0.4, -0.2) is 70.1 Å². The summed E-state index contributed by atoms with van der Waals surface area (Å²) < 4.78 is 22.8. The molecule has 0 aliphatic carbocycles. The van der Waals surface area contributed by atoms with Crippen LogP contribution in [0.3, 0.4) is 0 Å². The van der Waals surface area contributed by atoms with Crippen molar-refractivity contribution in [2.75, 3.05) is 38.7 Å². The van der Waals surface area contributed by atoms with Crippen molar-refractivity contribution in [1.29, 1.82) is 0 Å². The Morgan fingerprint density at radius 3 is 2.70 bits per heavy atom. The number of hydrogen-bond donors (Lipinski definition) is 2. The number of hydrogen-bond acceptors (Lipinski definition) is 4. The normalized spacial score (nSPS) is 23.9. The average molecular weight is 304 g/mol. The molecular weight excluding hydrogens is 276 g/mol. The van der Waals surface area contributed by atoms with Gasteiger partial charge in [0.2, 0.25) is 0 Å². The van der Waals surface area contributed by atoms with E-state index in [1.807, 2.05) is 0 Å². The van der Waals surface area contributed by atoms with Crippen LogP contribution in [-0.2, 0) is 9.84 Å². The van der Waals surface area contributed by atoms with Crippen molar-refractivity contribution < 1.29 is 8.42 Å². The van der Waals surface area contributed by atoms with Crippen molar-refractivity contribution in [2.24, 2.45) is 4.99 Å². The second kappa shape index (κ2) is 7.83. The first-order chi connectivity index (χ1) is 9.38. The fourth-order valence-electron chi connectivity index (χ4n) is 2.18. The zero-order chi connectivity index (χ0) is 15.2. The summed E-state index contributed by atoms with van der Waals surface area (Å²) in [4.78, 5) is 6.43. The third-order valence-corrected chi connectivity index (χ3v) is 5.67. The molecule has 1 rings (SSSR count). The largest absolute Gasteiger partial charge is 0.355 e. The zero-order valence-electron chi connectivity index (χ0n) is 13.0. The lowest BCUT2D eigenvalue weighted by molar-refractivity contribution is 0.255. The predicted molar refractivity (Wildman–Crippen MR) is 83.9 cm³/mol. The smallest absolute Gasteiger partial charge is 0.191 e. The Morgan fingerprint density at radius 2 is 2.20 bits per heavy atom. The van der Waals surface area contributed by atoms with Crippen molar-refractivity contribution in [3.8, 4) is 0 Å². The Hall–Kier alpha value is -0.820. The summed E-state index contributed by atoms with van der Waals surface area (Å²) >= 11 is 0. The summed E-state index contributed by atoms with van der Waals surface area (Å²) in [6.45, 7) is 6.10. The third kappa shape index (κ3) is 5.66. The maximum absolute atomic E-state index is 11.4. The molecule has 1 heterocycles. The first-order valence-corrected chi connectivity index (χ1v) is 9.08. The van der Waals surface area contributed by atoms with Crippen molar-refractivity contribution in [2.45, 2.75) is 38.8 Å². The summed E-state index contributed by atoms with van der Waals surface area (Å²) in [5.74, 6) is 1.17. The van der Waals surface area contributed by atoms with Crippen molar-refractivity contribution in [3.63, 3.8) is 0 Å². The molecule has 6 nitrogen and oxygen atoms in total. The van der Waals surface area contributed by atoms with Gasteiger partial charge in [0.05, 0.1) is 11.5 Å². The molecule has 0 aromatic carbocycles. The molecule has 2 N–H and O–H groups in total. The van der Waals surface area contributed by atoms with Crippen LogP contribution in [0.1, 0.15) is 26.7 Å². The van der Waals surface area contributed by atoms with Crippen LogP contribution in [0.15, 0.2) is 4.99 Å². The highest BCUT2D eigenvalue weighted by Gasteiger charge is 2.28. The molecular formula is C13H28N4O2S. The van der Waals surface area contributed by atoms with E-state index in [1.54, 1.807) is 7.05 Å². The average Bonchev–Trinajstić information content (AvgIpc) is 2.75. The van der Waals surface area contributed by atoms with E-state index in [-0.39, 0.29) is 17.5 Å². The number of nitrogens with one attached hydrogen (secondary N) is 2. The minimum absolute atomic E-state index is 0.0153. The number of likely N-dealkylation sites (N-methyl/N-ethyl adjacent to an activating group) is 1. The maximum atomic E-state index is 11.4. The molecule has 118 valence electrons. The Labute approximate surface area is 122 Å². The molecule has 0 saturated carbocycles. The zero-order valence-corrected chi connectivity index (χ0v) is 13.8. The number of sulfone groups is 1. The SMILES string of the molecule is CCC(C)N(C)CCNC(=NC)NC1CCS(=O)(=O)C1. The monoisotopic (exact) mass is 304 g/mol. The summed E-state index contributed by atoms with van der Waals surface area (Å²) in [6.07, 6.45) is 1.79. The molecule has 0 radical (unpaired) electrons. The van der Waals surface area contributed by atoms with Crippen LogP contribution in [0.5, 0.6) is 0 Å². The summed E-state index contributed by atoms with van der Waals surface area (Å²) in [5, 5.41) is 6.42. The molecule has 1 saturated heterocycles. The van der Waals surface area contributed by atoms with Gasteiger partial charge in [0, 0.05) is 32.2 Å². The van der Waals surface area contributed by atoms with Crippen LogP contribution in [0.4, 0.5) is 0 Å². The molecule has 20 heavy (non-hydrogen) atoms. The molecule has 0 bridgehead atoms. The van der Waals surface area contributed by atoms with Gasteiger partial charge in [-0.05, 0) is 26.8 Å². The van der Waals surface area contributed by atoms with Gasteiger partial charge in [-0.2, -0.15) is 0 Å². The van der Waals surface area contributed by atoms with Crippen LogP contribution < -0.4 is 10.6 Å². The van der Waals surface area contributed by atoms with E-state index < -0.39 is 9.84 Å². The van der Waals surface area contributed by atoms with E-state index in [0.29, 0.717) is 18.4 Å². The number of aliphatic imine (C=N–C) groups is 1. The number of rotatable bonds is 6. The lowest BCUT2D eigenvalue weighted by Crippen LogP contribution is -2.46. The first-order valence-electron chi connectivity index (χ1n) is 7.25. The predicted octanol–water partition coefficient (Wildman–Crippen LogP) is 0.0688. The molecule has 1 aliphatic rings. The van der Waals surface area contributed by atoms with Crippen LogP contribution in [0.2, 0.25) is 0 Å². The lowest BCUT2D eigenvalue weighted by atomic mass is 10.2. The molecule has 0 aromatic heterocycles. The van der Waals surface area contributed by atoms with Crippen LogP contribution in [0.25, 0.3) is 0 Å². The van der Waals surface area contributed by atoms with Gasteiger partial charge < -0.3 is 15.5 Å². The van der Waals surface area contributed by atoms with Gasteiger partial charge in [0.15, 0.2) is 15.8 Å². The van der Waals surface area contributed by atoms with Gasteiger partial charge in [-0.15, -0.1) is 0 Å². The second-order valence-electron chi connectivity index (χ2n) is 5.48. The van der Waals surface area contributed by atoms with Gasteiger partial charge in [0.1, 0.15) is 0 Å². The van der Waals surface area contributed by atoms with Crippen LogP contribution in [0, 0.1) is 0 Å². The Balaban J connectivity index is 2.31. The van der Waals surface area contributed by atoms with Crippen molar-refractivity contribution >= 4 is 15.8 Å². The Morgan fingerprint density at radius 1 is 1.50 bits per heavy atom. The minimum Gasteiger partial charge on any atom is -0.355 e. The topological polar surface area (TPSA) is 73.8 Å². The molecule has 2 unspecified atom stereocenters. The number of nitrogens with zero attached hydrogens (tertiary/aromatic N) is 2. The minimum atomic E-state index is -2.85.